The van der Waals surface area contributed by atoms with Crippen LogP contribution in [-0.2, 0) is 4.74 Å². The molecule has 0 aromatic heterocycles. The van der Waals surface area contributed by atoms with Crippen molar-refractivity contribution in [2.45, 2.75) is 77.9 Å². The smallest absolute Gasteiger partial charge is 0.0684 e. The minimum Gasteiger partial charge on any atom is -0.377 e. The first-order valence-corrected chi connectivity index (χ1v) is 8.94. The molecule has 20 heavy (non-hydrogen) atoms. The summed E-state index contributed by atoms with van der Waals surface area (Å²) in [6.45, 7) is 9.39. The highest BCUT2D eigenvalue weighted by molar-refractivity contribution is 5.10. The first-order chi connectivity index (χ1) is 9.59. The van der Waals surface area contributed by atoms with Gasteiger partial charge in [-0.3, -0.25) is 0 Å². The van der Waals surface area contributed by atoms with Gasteiger partial charge in [0.05, 0.1) is 6.10 Å². The van der Waals surface area contributed by atoms with Crippen molar-refractivity contribution in [3.8, 4) is 0 Å². The van der Waals surface area contributed by atoms with Crippen molar-refractivity contribution < 1.29 is 4.74 Å². The Kier molecular flexibility index (Phi) is 4.42. The lowest BCUT2D eigenvalue weighted by Crippen LogP contribution is -2.69. The first kappa shape index (κ1) is 14.8. The molecule has 1 aliphatic heterocycles. The van der Waals surface area contributed by atoms with Crippen molar-refractivity contribution in [3.05, 3.63) is 0 Å². The Hall–Kier alpha value is -0.0800. The minimum atomic E-state index is 0.339. The molecule has 0 aromatic carbocycles. The van der Waals surface area contributed by atoms with E-state index in [0.29, 0.717) is 17.6 Å². The topological polar surface area (TPSA) is 21.3 Å². The molecule has 1 saturated heterocycles. The first-order valence-electron chi connectivity index (χ1n) is 8.94. The quantitative estimate of drug-likeness (QED) is 0.840. The molecule has 3 fully saturated rings. The predicted molar refractivity (Wildman–Crippen MR) is 83.8 cm³/mol. The molecule has 3 atom stereocenters. The molecule has 1 N–H and O–H groups in total. The Morgan fingerprint density at radius 2 is 1.85 bits per heavy atom. The molecule has 0 radical (unpaired) electrons. The average Bonchev–Trinajstić information content (AvgIpc) is 2.45. The summed E-state index contributed by atoms with van der Waals surface area (Å²) in [5.41, 5.74) is 0.339. The second-order valence-corrected chi connectivity index (χ2v) is 8.27. The van der Waals surface area contributed by atoms with E-state index in [1.165, 1.54) is 51.5 Å². The lowest BCUT2D eigenvalue weighted by Gasteiger charge is -2.60. The summed E-state index contributed by atoms with van der Waals surface area (Å²) in [4.78, 5) is 0. The van der Waals surface area contributed by atoms with Crippen LogP contribution in [0.1, 0.15) is 65.7 Å². The maximum Gasteiger partial charge on any atom is 0.0684 e. The van der Waals surface area contributed by atoms with Crippen LogP contribution in [0.3, 0.4) is 0 Å². The van der Waals surface area contributed by atoms with E-state index in [-0.39, 0.29) is 0 Å². The third-order valence-electron chi connectivity index (χ3n) is 6.38. The molecule has 1 heterocycles. The van der Waals surface area contributed by atoms with Gasteiger partial charge in [0.25, 0.3) is 0 Å². The van der Waals surface area contributed by atoms with Gasteiger partial charge < -0.3 is 10.1 Å². The fourth-order valence-corrected chi connectivity index (χ4v) is 5.00. The molecule has 3 unspecified atom stereocenters. The van der Waals surface area contributed by atoms with E-state index in [0.717, 1.165) is 24.4 Å². The molecule has 0 spiro atoms. The molecule has 0 bridgehead atoms. The summed E-state index contributed by atoms with van der Waals surface area (Å²) in [7, 11) is 0. The highest BCUT2D eigenvalue weighted by Crippen LogP contribution is 2.51. The molecule has 116 valence electrons. The van der Waals surface area contributed by atoms with E-state index in [1.807, 2.05) is 0 Å². The summed E-state index contributed by atoms with van der Waals surface area (Å²) in [5.74, 6) is 2.75. The molecular weight excluding hydrogens is 246 g/mol. The molecule has 2 saturated carbocycles. The SMILES string of the molecule is CC1CCC(CCNC2C3CCCOC3C2(C)C)CC1. The maximum atomic E-state index is 5.99. The number of hydrogen-bond acceptors (Lipinski definition) is 2. The van der Waals surface area contributed by atoms with Crippen molar-refractivity contribution in [2.24, 2.45) is 23.2 Å². The Bertz CT molecular complexity index is 319. The predicted octanol–water partition coefficient (Wildman–Crippen LogP) is 4.00. The molecule has 0 amide bonds. The van der Waals surface area contributed by atoms with Crippen LogP contribution in [-0.4, -0.2) is 25.3 Å². The van der Waals surface area contributed by atoms with Crippen LogP contribution in [0.15, 0.2) is 0 Å². The van der Waals surface area contributed by atoms with E-state index in [9.17, 15) is 0 Å². The average molecular weight is 279 g/mol. The Morgan fingerprint density at radius 1 is 1.10 bits per heavy atom. The molecule has 2 heteroatoms. The molecule has 0 aromatic rings. The standard InChI is InChI=1S/C18H33NO/c1-13-6-8-14(9-7-13)10-11-19-16-15-5-4-12-20-17(15)18(16,2)3/h13-17,19H,4-12H2,1-3H3. The fraction of sp³-hybridized carbons (Fsp3) is 1.00. The number of ether oxygens (including phenoxy) is 1. The van der Waals surface area contributed by atoms with Crippen molar-refractivity contribution in [2.75, 3.05) is 13.2 Å². The second kappa shape index (κ2) is 5.96. The van der Waals surface area contributed by atoms with E-state index < -0.39 is 0 Å². The maximum absolute atomic E-state index is 5.99. The van der Waals surface area contributed by atoms with Crippen LogP contribution in [0.5, 0.6) is 0 Å². The lowest BCUT2D eigenvalue weighted by atomic mass is 9.55. The summed E-state index contributed by atoms with van der Waals surface area (Å²) in [6.07, 6.45) is 10.4. The highest BCUT2D eigenvalue weighted by atomic mass is 16.5. The second-order valence-electron chi connectivity index (χ2n) is 8.27. The van der Waals surface area contributed by atoms with Gasteiger partial charge >= 0.3 is 0 Å². The van der Waals surface area contributed by atoms with Gasteiger partial charge in [0.15, 0.2) is 0 Å². The number of hydrogen-bond donors (Lipinski definition) is 1. The van der Waals surface area contributed by atoms with Crippen LogP contribution in [0.2, 0.25) is 0 Å². The lowest BCUT2D eigenvalue weighted by molar-refractivity contribution is -0.192. The van der Waals surface area contributed by atoms with E-state index in [1.54, 1.807) is 0 Å². The van der Waals surface area contributed by atoms with Gasteiger partial charge in [-0.1, -0.05) is 46.5 Å². The highest BCUT2D eigenvalue weighted by Gasteiger charge is 2.57. The number of nitrogens with one attached hydrogen (secondary N) is 1. The zero-order valence-corrected chi connectivity index (χ0v) is 13.7. The van der Waals surface area contributed by atoms with Crippen LogP contribution >= 0.6 is 0 Å². The van der Waals surface area contributed by atoms with Crippen LogP contribution in [0, 0.1) is 23.2 Å². The summed E-state index contributed by atoms with van der Waals surface area (Å²) < 4.78 is 5.99. The summed E-state index contributed by atoms with van der Waals surface area (Å²) >= 11 is 0. The van der Waals surface area contributed by atoms with Gasteiger partial charge in [-0.15, -0.1) is 0 Å². The van der Waals surface area contributed by atoms with E-state index in [4.69, 9.17) is 4.74 Å². The van der Waals surface area contributed by atoms with Crippen molar-refractivity contribution in [1.82, 2.24) is 5.32 Å². The third kappa shape index (κ3) is 2.78. The van der Waals surface area contributed by atoms with Gasteiger partial charge in [0, 0.05) is 24.0 Å². The fourth-order valence-electron chi connectivity index (χ4n) is 5.00. The Labute approximate surface area is 125 Å². The Morgan fingerprint density at radius 3 is 2.60 bits per heavy atom. The number of rotatable bonds is 4. The molecule has 3 rings (SSSR count). The Balaban J connectivity index is 1.42. The summed E-state index contributed by atoms with van der Waals surface area (Å²) in [5, 5.41) is 3.89. The molecule has 2 aliphatic carbocycles. The van der Waals surface area contributed by atoms with Gasteiger partial charge in [-0.25, -0.2) is 0 Å². The number of fused-ring (bicyclic) bond motifs is 1. The monoisotopic (exact) mass is 279 g/mol. The van der Waals surface area contributed by atoms with E-state index >= 15 is 0 Å². The minimum absolute atomic E-state index is 0.339. The van der Waals surface area contributed by atoms with Crippen LogP contribution < -0.4 is 5.32 Å². The summed E-state index contributed by atoms with van der Waals surface area (Å²) in [6, 6.07) is 0.690. The van der Waals surface area contributed by atoms with E-state index in [2.05, 4.69) is 26.1 Å². The van der Waals surface area contributed by atoms with Crippen LogP contribution in [0.25, 0.3) is 0 Å². The normalized spacial score (nSPS) is 43.6. The van der Waals surface area contributed by atoms with Gasteiger partial charge in [0.2, 0.25) is 0 Å². The molecule has 2 nitrogen and oxygen atoms in total. The van der Waals surface area contributed by atoms with Gasteiger partial charge in [-0.05, 0) is 37.6 Å². The van der Waals surface area contributed by atoms with Crippen LogP contribution in [0.4, 0.5) is 0 Å². The van der Waals surface area contributed by atoms with Crippen molar-refractivity contribution >= 4 is 0 Å². The van der Waals surface area contributed by atoms with Gasteiger partial charge in [0.1, 0.15) is 0 Å². The zero-order chi connectivity index (χ0) is 14.2. The van der Waals surface area contributed by atoms with Crippen molar-refractivity contribution in [1.29, 1.82) is 0 Å². The molecular formula is C18H33NO. The largest absolute Gasteiger partial charge is 0.377 e. The molecule has 3 aliphatic rings. The van der Waals surface area contributed by atoms with Gasteiger partial charge in [-0.2, -0.15) is 0 Å². The van der Waals surface area contributed by atoms with Crippen molar-refractivity contribution in [3.63, 3.8) is 0 Å². The zero-order valence-electron chi connectivity index (χ0n) is 13.7. The third-order valence-corrected chi connectivity index (χ3v) is 6.38.